The van der Waals surface area contributed by atoms with Crippen molar-refractivity contribution in [3.8, 4) is 0 Å². The first-order chi connectivity index (χ1) is 8.26. The Kier molecular flexibility index (Phi) is 12.0. The Labute approximate surface area is 109 Å². The lowest BCUT2D eigenvalue weighted by Crippen LogP contribution is -2.21. The Hall–Kier alpha value is -0.250. The summed E-state index contributed by atoms with van der Waals surface area (Å²) < 4.78 is 17.1. The first-order valence-corrected chi connectivity index (χ1v) is 7.65. The van der Waals surface area contributed by atoms with E-state index >= 15 is 0 Å². The maximum Gasteiger partial charge on any atom is 0.319 e. The van der Waals surface area contributed by atoms with Crippen molar-refractivity contribution in [3.05, 3.63) is 0 Å². The molecule has 0 aromatic carbocycles. The predicted molar refractivity (Wildman–Crippen MR) is 72.2 cm³/mol. The summed E-state index contributed by atoms with van der Waals surface area (Å²) in [6.07, 6.45) is 5.26. The zero-order valence-corrected chi connectivity index (χ0v) is 11.9. The van der Waals surface area contributed by atoms with Gasteiger partial charge in [0.2, 0.25) is 0 Å². The van der Waals surface area contributed by atoms with Crippen LogP contribution in [0, 0.1) is 0 Å². The van der Waals surface area contributed by atoms with Crippen LogP contribution in [0.3, 0.4) is 0 Å². The van der Waals surface area contributed by atoms with E-state index < -0.39 is 0 Å². The van der Waals surface area contributed by atoms with Crippen LogP contribution < -0.4 is 0 Å². The molecular formula is C13H25FO2S. The van der Waals surface area contributed by atoms with E-state index in [4.69, 9.17) is 4.74 Å². The second kappa shape index (κ2) is 12.2. The van der Waals surface area contributed by atoms with Crippen molar-refractivity contribution in [2.24, 2.45) is 0 Å². The number of ether oxygens (including phenoxy) is 1. The maximum absolute atomic E-state index is 11.9. The molecule has 0 rings (SSSR count). The number of esters is 1. The van der Waals surface area contributed by atoms with Crippen molar-refractivity contribution in [1.82, 2.24) is 0 Å². The van der Waals surface area contributed by atoms with Crippen LogP contribution in [-0.2, 0) is 9.53 Å². The molecule has 102 valence electrons. The molecule has 4 heteroatoms. The van der Waals surface area contributed by atoms with E-state index in [-0.39, 0.29) is 17.9 Å². The summed E-state index contributed by atoms with van der Waals surface area (Å²) in [5.74, 6) is 0.843. The lowest BCUT2D eigenvalue weighted by Gasteiger charge is -2.14. The van der Waals surface area contributed by atoms with Crippen LogP contribution in [0.4, 0.5) is 4.39 Å². The van der Waals surface area contributed by atoms with Gasteiger partial charge >= 0.3 is 5.97 Å². The second-order valence-electron chi connectivity index (χ2n) is 4.07. The summed E-state index contributed by atoms with van der Waals surface area (Å²) in [6.45, 7) is 4.35. The average Bonchev–Trinajstić information content (AvgIpc) is 2.34. The lowest BCUT2D eigenvalue weighted by molar-refractivity contribution is -0.143. The van der Waals surface area contributed by atoms with Crippen LogP contribution in [0.25, 0.3) is 0 Å². The predicted octanol–water partition coefficient (Wildman–Crippen LogP) is 3.98. The third-order valence-electron chi connectivity index (χ3n) is 2.36. The Bertz CT molecular complexity index is 188. The lowest BCUT2D eigenvalue weighted by atomic mass is 10.2. The highest BCUT2D eigenvalue weighted by atomic mass is 32.2. The van der Waals surface area contributed by atoms with Gasteiger partial charge in [-0.05, 0) is 31.4 Å². The van der Waals surface area contributed by atoms with E-state index in [2.05, 4.69) is 6.92 Å². The topological polar surface area (TPSA) is 26.3 Å². The Morgan fingerprint density at radius 3 is 2.59 bits per heavy atom. The van der Waals surface area contributed by atoms with Gasteiger partial charge in [0.1, 0.15) is 5.25 Å². The van der Waals surface area contributed by atoms with E-state index in [1.807, 2.05) is 6.92 Å². The maximum atomic E-state index is 11.9. The van der Waals surface area contributed by atoms with Crippen LogP contribution >= 0.6 is 11.8 Å². The number of rotatable bonds is 11. The quantitative estimate of drug-likeness (QED) is 0.417. The largest absolute Gasteiger partial charge is 0.465 e. The number of alkyl halides is 1. The van der Waals surface area contributed by atoms with E-state index in [1.165, 1.54) is 0 Å². The van der Waals surface area contributed by atoms with E-state index in [1.54, 1.807) is 11.8 Å². The molecule has 0 aliphatic heterocycles. The average molecular weight is 264 g/mol. The highest BCUT2D eigenvalue weighted by Crippen LogP contribution is 2.20. The van der Waals surface area contributed by atoms with Gasteiger partial charge < -0.3 is 4.74 Å². The van der Waals surface area contributed by atoms with Gasteiger partial charge in [-0.3, -0.25) is 9.18 Å². The van der Waals surface area contributed by atoms with Gasteiger partial charge in [0.15, 0.2) is 0 Å². The summed E-state index contributed by atoms with van der Waals surface area (Å²) in [4.78, 5) is 11.7. The first kappa shape index (κ1) is 16.8. The molecule has 0 aliphatic rings. The zero-order chi connectivity index (χ0) is 12.9. The third-order valence-corrected chi connectivity index (χ3v) is 3.71. The smallest absolute Gasteiger partial charge is 0.319 e. The molecule has 0 N–H and O–H groups in total. The molecule has 0 saturated carbocycles. The highest BCUT2D eigenvalue weighted by molar-refractivity contribution is 8.00. The van der Waals surface area contributed by atoms with Crippen molar-refractivity contribution in [2.75, 3.05) is 19.0 Å². The van der Waals surface area contributed by atoms with Gasteiger partial charge in [-0.2, -0.15) is 0 Å². The fourth-order valence-electron chi connectivity index (χ4n) is 1.43. The van der Waals surface area contributed by atoms with E-state index in [0.29, 0.717) is 13.0 Å². The van der Waals surface area contributed by atoms with Crippen molar-refractivity contribution >= 4 is 17.7 Å². The van der Waals surface area contributed by atoms with Gasteiger partial charge in [-0.15, -0.1) is 11.8 Å². The summed E-state index contributed by atoms with van der Waals surface area (Å²) >= 11 is 1.66. The van der Waals surface area contributed by atoms with Crippen LogP contribution in [0.2, 0.25) is 0 Å². The van der Waals surface area contributed by atoms with Crippen LogP contribution in [0.5, 0.6) is 0 Å². The number of halogens is 1. The van der Waals surface area contributed by atoms with Crippen molar-refractivity contribution in [1.29, 1.82) is 0 Å². The Balaban J connectivity index is 3.76. The normalized spacial score (nSPS) is 12.4. The Morgan fingerprint density at radius 2 is 2.00 bits per heavy atom. The zero-order valence-electron chi connectivity index (χ0n) is 11.0. The molecule has 0 radical (unpaired) electrons. The number of carbonyl (C=O) groups excluding carboxylic acids is 1. The number of thioether (sulfide) groups is 1. The standard InChI is InChI=1S/C13H25FO2S/c1-3-8-12(13(15)16-10-4-2)17-11-7-5-6-9-14/h12H,3-11H2,1-2H3. The molecule has 0 fully saturated rings. The molecule has 1 atom stereocenters. The minimum Gasteiger partial charge on any atom is -0.465 e. The molecule has 0 aromatic rings. The minimum absolute atomic E-state index is 0.0306. The van der Waals surface area contributed by atoms with Crippen molar-refractivity contribution in [2.45, 2.75) is 57.6 Å². The fourth-order valence-corrected chi connectivity index (χ4v) is 2.69. The molecule has 0 bridgehead atoms. The molecule has 0 amide bonds. The summed E-state index contributed by atoms with van der Waals surface area (Å²) in [5.41, 5.74) is 0. The van der Waals surface area contributed by atoms with Gasteiger partial charge in [-0.1, -0.05) is 26.7 Å². The molecule has 2 nitrogen and oxygen atoms in total. The number of hydrogen-bond donors (Lipinski definition) is 0. The molecule has 0 aliphatic carbocycles. The molecule has 0 spiro atoms. The van der Waals surface area contributed by atoms with Crippen molar-refractivity contribution in [3.63, 3.8) is 0 Å². The summed E-state index contributed by atoms with van der Waals surface area (Å²) in [5, 5.41) is -0.0306. The molecule has 17 heavy (non-hydrogen) atoms. The van der Waals surface area contributed by atoms with Gasteiger partial charge in [-0.25, -0.2) is 0 Å². The fraction of sp³-hybridized carbons (Fsp3) is 0.923. The first-order valence-electron chi connectivity index (χ1n) is 6.60. The molecular weight excluding hydrogens is 239 g/mol. The second-order valence-corrected chi connectivity index (χ2v) is 5.38. The van der Waals surface area contributed by atoms with Crippen LogP contribution in [0.1, 0.15) is 52.4 Å². The Morgan fingerprint density at radius 1 is 1.24 bits per heavy atom. The third kappa shape index (κ3) is 9.45. The van der Waals surface area contributed by atoms with E-state index in [9.17, 15) is 9.18 Å². The van der Waals surface area contributed by atoms with E-state index in [0.717, 1.165) is 37.9 Å². The summed E-state index contributed by atoms with van der Waals surface area (Å²) in [7, 11) is 0. The number of unbranched alkanes of at least 4 members (excludes halogenated alkanes) is 2. The SMILES string of the molecule is CCCOC(=O)C(CCC)SCCCCCF. The highest BCUT2D eigenvalue weighted by Gasteiger charge is 2.18. The van der Waals surface area contributed by atoms with Crippen molar-refractivity contribution < 1.29 is 13.9 Å². The minimum atomic E-state index is -0.235. The number of carbonyl (C=O) groups is 1. The molecule has 0 heterocycles. The molecule has 0 aromatic heterocycles. The van der Waals surface area contributed by atoms with Crippen LogP contribution in [0.15, 0.2) is 0 Å². The molecule has 1 unspecified atom stereocenters. The van der Waals surface area contributed by atoms with Gasteiger partial charge in [0.25, 0.3) is 0 Å². The van der Waals surface area contributed by atoms with Gasteiger partial charge in [0.05, 0.1) is 13.3 Å². The summed E-state index contributed by atoms with van der Waals surface area (Å²) in [6, 6.07) is 0. The number of hydrogen-bond acceptors (Lipinski definition) is 3. The van der Waals surface area contributed by atoms with Gasteiger partial charge in [0, 0.05) is 0 Å². The monoisotopic (exact) mass is 264 g/mol. The van der Waals surface area contributed by atoms with Crippen LogP contribution in [-0.4, -0.2) is 30.3 Å². The molecule has 0 saturated heterocycles.